The van der Waals surface area contributed by atoms with Gasteiger partial charge in [0.1, 0.15) is 5.82 Å². The quantitative estimate of drug-likeness (QED) is 0.881. The molecule has 3 rings (SSSR count). The first-order chi connectivity index (χ1) is 9.78. The predicted octanol–water partition coefficient (Wildman–Crippen LogP) is 4.22. The Hall–Kier alpha value is -1.52. The number of halogens is 1. The molecule has 0 amide bonds. The number of likely N-dealkylation sites (N-methyl/N-ethyl adjacent to an activating group) is 1. The fourth-order valence-electron chi connectivity index (χ4n) is 2.45. The molecule has 1 aromatic heterocycles. The summed E-state index contributed by atoms with van der Waals surface area (Å²) >= 11 is 1.79. The largest absolute Gasteiger partial charge is 0.360 e. The normalized spacial score (nSPS) is 15.3. The van der Waals surface area contributed by atoms with Gasteiger partial charge in [-0.05, 0) is 48.6 Å². The van der Waals surface area contributed by atoms with E-state index in [4.69, 9.17) is 0 Å². The Morgan fingerprint density at radius 2 is 2.30 bits per heavy atom. The number of allylic oxidation sites excluding steroid dienone is 2. The van der Waals surface area contributed by atoms with Gasteiger partial charge in [-0.3, -0.25) is 0 Å². The van der Waals surface area contributed by atoms with Gasteiger partial charge in [-0.2, -0.15) is 0 Å². The topological polar surface area (TPSA) is 27.8 Å². The molecule has 0 spiro atoms. The molecule has 4 heteroatoms. The Bertz CT molecular complexity index is 685. The minimum absolute atomic E-state index is 0.202. The molecule has 0 saturated heterocycles. The minimum Gasteiger partial charge on any atom is -0.360 e. The summed E-state index contributed by atoms with van der Waals surface area (Å²) in [7, 11) is 1.96. The molecule has 0 aliphatic heterocycles. The van der Waals surface area contributed by atoms with Crippen LogP contribution in [0.25, 0.3) is 10.9 Å². The molecule has 1 heterocycles. The molecule has 0 fully saturated rings. The molecule has 1 aromatic carbocycles. The summed E-state index contributed by atoms with van der Waals surface area (Å²) in [5.74, 6) is -0.202. The van der Waals surface area contributed by atoms with Crippen molar-refractivity contribution in [3.05, 3.63) is 52.8 Å². The van der Waals surface area contributed by atoms with E-state index in [1.807, 2.05) is 19.3 Å². The van der Waals surface area contributed by atoms with Crippen molar-refractivity contribution < 1.29 is 4.39 Å². The van der Waals surface area contributed by atoms with Gasteiger partial charge in [0.2, 0.25) is 0 Å². The maximum atomic E-state index is 13.2. The second kappa shape index (κ2) is 5.85. The molecule has 0 radical (unpaired) electrons. The monoisotopic (exact) mass is 288 g/mol. The summed E-state index contributed by atoms with van der Waals surface area (Å²) < 4.78 is 13.2. The van der Waals surface area contributed by atoms with Gasteiger partial charge in [0, 0.05) is 28.5 Å². The molecule has 0 unspecified atom stereocenters. The van der Waals surface area contributed by atoms with Gasteiger partial charge in [-0.15, -0.1) is 0 Å². The van der Waals surface area contributed by atoms with Crippen molar-refractivity contribution >= 4 is 22.7 Å². The van der Waals surface area contributed by atoms with Gasteiger partial charge < -0.3 is 10.3 Å². The number of rotatable bonds is 4. The Morgan fingerprint density at radius 1 is 1.40 bits per heavy atom. The van der Waals surface area contributed by atoms with Crippen LogP contribution >= 0.6 is 11.8 Å². The number of hydrogen-bond donors (Lipinski definition) is 2. The van der Waals surface area contributed by atoms with Crippen molar-refractivity contribution in [3.8, 4) is 0 Å². The van der Waals surface area contributed by atoms with Crippen LogP contribution in [0.15, 0.2) is 51.9 Å². The first kappa shape index (κ1) is 13.5. The molecule has 104 valence electrons. The molecular formula is C16H17FN2S. The Morgan fingerprint density at radius 3 is 3.15 bits per heavy atom. The second-order valence-corrected chi connectivity index (χ2v) is 6.00. The summed E-state index contributed by atoms with van der Waals surface area (Å²) in [6.07, 6.45) is 8.56. The Kier molecular flexibility index (Phi) is 3.94. The molecule has 20 heavy (non-hydrogen) atoms. The highest BCUT2D eigenvalue weighted by Gasteiger charge is 2.12. The van der Waals surface area contributed by atoms with Crippen LogP contribution in [0.3, 0.4) is 0 Å². The summed E-state index contributed by atoms with van der Waals surface area (Å²) in [5, 5.41) is 4.30. The zero-order chi connectivity index (χ0) is 13.9. The van der Waals surface area contributed by atoms with Gasteiger partial charge >= 0.3 is 0 Å². The number of nitrogens with one attached hydrogen (secondary N) is 2. The molecule has 2 aromatic rings. The molecule has 1 aliphatic carbocycles. The number of aromatic nitrogens is 1. The van der Waals surface area contributed by atoms with Crippen LogP contribution in [0.4, 0.5) is 4.39 Å². The molecule has 0 saturated carbocycles. The smallest absolute Gasteiger partial charge is 0.125 e. The Balaban J connectivity index is 1.94. The summed E-state index contributed by atoms with van der Waals surface area (Å²) in [6.45, 7) is 0.885. The van der Waals surface area contributed by atoms with E-state index in [-0.39, 0.29) is 5.82 Å². The maximum Gasteiger partial charge on any atom is 0.125 e. The number of fused-ring (bicyclic) bond motifs is 1. The van der Waals surface area contributed by atoms with Crippen molar-refractivity contribution in [2.24, 2.45) is 0 Å². The minimum atomic E-state index is -0.202. The molecular weight excluding hydrogens is 271 g/mol. The lowest BCUT2D eigenvalue weighted by molar-refractivity contribution is 0.629. The van der Waals surface area contributed by atoms with E-state index >= 15 is 0 Å². The van der Waals surface area contributed by atoms with Crippen LogP contribution < -0.4 is 5.32 Å². The fourth-order valence-corrected chi connectivity index (χ4v) is 3.61. The second-order valence-electron chi connectivity index (χ2n) is 4.86. The number of thioether (sulfide) groups is 1. The Labute approximate surface area is 122 Å². The zero-order valence-corrected chi connectivity index (χ0v) is 12.2. The van der Waals surface area contributed by atoms with Crippen molar-refractivity contribution in [1.29, 1.82) is 0 Å². The molecule has 1 aliphatic rings. The number of aromatic amines is 1. The number of H-pyrrole nitrogens is 1. The van der Waals surface area contributed by atoms with Crippen molar-refractivity contribution in [2.75, 3.05) is 13.6 Å². The third kappa shape index (κ3) is 2.67. The van der Waals surface area contributed by atoms with Gasteiger partial charge in [-0.25, -0.2) is 4.39 Å². The van der Waals surface area contributed by atoms with Crippen LogP contribution in [-0.4, -0.2) is 18.6 Å². The number of benzene rings is 1. The molecule has 2 N–H and O–H groups in total. The van der Waals surface area contributed by atoms with Crippen molar-refractivity contribution in [1.82, 2.24) is 10.3 Å². The third-order valence-corrected chi connectivity index (χ3v) is 4.69. The van der Waals surface area contributed by atoms with Gasteiger partial charge in [-0.1, -0.05) is 23.9 Å². The lowest BCUT2D eigenvalue weighted by Crippen LogP contribution is -2.11. The molecule has 2 nitrogen and oxygen atoms in total. The van der Waals surface area contributed by atoms with E-state index in [2.05, 4.69) is 22.5 Å². The lowest BCUT2D eigenvalue weighted by atomic mass is 10.1. The first-order valence-electron chi connectivity index (χ1n) is 6.75. The van der Waals surface area contributed by atoms with Crippen molar-refractivity contribution in [2.45, 2.75) is 17.7 Å². The van der Waals surface area contributed by atoms with Crippen LogP contribution in [0.1, 0.15) is 12.8 Å². The predicted molar refractivity (Wildman–Crippen MR) is 83.4 cm³/mol. The van der Waals surface area contributed by atoms with Gasteiger partial charge in [0.15, 0.2) is 0 Å². The third-order valence-electron chi connectivity index (χ3n) is 3.42. The highest BCUT2D eigenvalue weighted by atomic mass is 32.2. The number of hydrogen-bond acceptors (Lipinski definition) is 2. The maximum absolute atomic E-state index is 13.2. The average Bonchev–Trinajstić information content (AvgIpc) is 2.83. The molecule has 0 atom stereocenters. The summed E-state index contributed by atoms with van der Waals surface area (Å²) in [4.78, 5) is 5.71. The van der Waals surface area contributed by atoms with E-state index in [0.717, 1.165) is 30.3 Å². The SMILES string of the molecule is CNCC1=C(Sc2c[nH]c3cc(F)ccc23)CCC=C1. The fraction of sp³-hybridized carbons (Fsp3) is 0.250. The van der Waals surface area contributed by atoms with Crippen LogP contribution in [0.2, 0.25) is 0 Å². The summed E-state index contributed by atoms with van der Waals surface area (Å²) in [6, 6.07) is 4.91. The van der Waals surface area contributed by atoms with Crippen LogP contribution in [0, 0.1) is 5.82 Å². The van der Waals surface area contributed by atoms with E-state index < -0.39 is 0 Å². The van der Waals surface area contributed by atoms with Gasteiger partial charge in [0.05, 0.1) is 0 Å². The zero-order valence-electron chi connectivity index (χ0n) is 11.4. The lowest BCUT2D eigenvalue weighted by Gasteiger charge is -2.15. The van der Waals surface area contributed by atoms with Gasteiger partial charge in [0.25, 0.3) is 0 Å². The van der Waals surface area contributed by atoms with E-state index in [9.17, 15) is 4.39 Å². The standard InChI is InChI=1S/C16H17FN2S/c1-18-9-11-4-2-3-5-15(11)20-16-10-19-14-8-12(17)6-7-13(14)16/h2,4,6-8,10,18-19H,3,5,9H2,1H3. The van der Waals surface area contributed by atoms with Crippen LogP contribution in [0.5, 0.6) is 0 Å². The average molecular weight is 288 g/mol. The van der Waals surface area contributed by atoms with Crippen LogP contribution in [-0.2, 0) is 0 Å². The molecule has 0 bridgehead atoms. The highest BCUT2D eigenvalue weighted by molar-refractivity contribution is 8.03. The van der Waals surface area contributed by atoms with Crippen molar-refractivity contribution in [3.63, 3.8) is 0 Å². The summed E-state index contributed by atoms with van der Waals surface area (Å²) in [5.41, 5.74) is 2.20. The van der Waals surface area contributed by atoms with E-state index in [0.29, 0.717) is 0 Å². The van der Waals surface area contributed by atoms with E-state index in [1.165, 1.54) is 21.4 Å². The highest BCUT2D eigenvalue weighted by Crippen LogP contribution is 2.38. The van der Waals surface area contributed by atoms with E-state index in [1.54, 1.807) is 17.8 Å². The first-order valence-corrected chi connectivity index (χ1v) is 7.57.